The first-order valence-corrected chi connectivity index (χ1v) is 6.48. The van der Waals surface area contributed by atoms with E-state index >= 15 is 0 Å². The molecule has 100 valence electrons. The number of carbonyl (C=O) groups is 3. The van der Waals surface area contributed by atoms with Gasteiger partial charge in [-0.3, -0.25) is 9.59 Å². The molecule has 1 aromatic rings. The van der Waals surface area contributed by atoms with Crippen LogP contribution in [0.1, 0.15) is 36.5 Å². The van der Waals surface area contributed by atoms with Crippen LogP contribution in [0, 0.1) is 0 Å². The summed E-state index contributed by atoms with van der Waals surface area (Å²) >= 11 is 0. The third-order valence-electron chi connectivity index (χ3n) is 3.44. The van der Waals surface area contributed by atoms with E-state index in [9.17, 15) is 14.4 Å². The highest BCUT2D eigenvalue weighted by molar-refractivity contribution is 6.05. The molecule has 0 bridgehead atoms. The van der Waals surface area contributed by atoms with Crippen molar-refractivity contribution in [3.8, 4) is 0 Å². The van der Waals surface area contributed by atoms with Crippen LogP contribution in [0.3, 0.4) is 0 Å². The van der Waals surface area contributed by atoms with Crippen molar-refractivity contribution in [1.82, 2.24) is 4.90 Å². The quantitative estimate of drug-likeness (QED) is 0.339. The van der Waals surface area contributed by atoms with Gasteiger partial charge in [-0.15, -0.1) is 0 Å². The number of benzene rings is 1. The van der Waals surface area contributed by atoms with Gasteiger partial charge in [0.05, 0.1) is 6.04 Å². The highest BCUT2D eigenvalue weighted by Crippen LogP contribution is 2.35. The van der Waals surface area contributed by atoms with E-state index in [1.165, 1.54) is 6.92 Å². The second-order valence-electron chi connectivity index (χ2n) is 4.77. The third kappa shape index (κ3) is 2.89. The SMILES string of the molecule is CC(=O)N1[C@H](CCCC=O)[C@H]1C(=O)c1ccccc1. The summed E-state index contributed by atoms with van der Waals surface area (Å²) in [7, 11) is 0. The molecule has 19 heavy (non-hydrogen) atoms. The summed E-state index contributed by atoms with van der Waals surface area (Å²) in [5, 5.41) is 0. The molecule has 1 saturated heterocycles. The number of nitrogens with zero attached hydrogens (tertiary/aromatic N) is 1. The number of amides is 1. The number of Topliss-reactive ketones (excluding diaryl/α,β-unsaturated/α-hetero) is 1. The van der Waals surface area contributed by atoms with Crippen LogP contribution >= 0.6 is 0 Å². The fourth-order valence-corrected chi connectivity index (χ4v) is 2.49. The first-order valence-electron chi connectivity index (χ1n) is 6.48. The third-order valence-corrected chi connectivity index (χ3v) is 3.44. The van der Waals surface area contributed by atoms with E-state index in [2.05, 4.69) is 0 Å². The lowest BCUT2D eigenvalue weighted by atomic mass is 10.0. The maximum atomic E-state index is 12.3. The summed E-state index contributed by atoms with van der Waals surface area (Å²) in [4.78, 5) is 35.7. The molecule has 1 aliphatic rings. The highest BCUT2D eigenvalue weighted by atomic mass is 16.2. The summed E-state index contributed by atoms with van der Waals surface area (Å²) in [5.41, 5.74) is 0.636. The van der Waals surface area contributed by atoms with Crippen molar-refractivity contribution in [2.75, 3.05) is 0 Å². The summed E-state index contributed by atoms with van der Waals surface area (Å²) in [6.45, 7) is 1.48. The Kier molecular flexibility index (Phi) is 4.10. The zero-order chi connectivity index (χ0) is 13.8. The summed E-state index contributed by atoms with van der Waals surface area (Å²) in [6, 6.07) is 8.64. The van der Waals surface area contributed by atoms with Crippen LogP contribution in [0.5, 0.6) is 0 Å². The van der Waals surface area contributed by atoms with Crippen LogP contribution in [0.15, 0.2) is 30.3 Å². The van der Waals surface area contributed by atoms with Gasteiger partial charge in [0.15, 0.2) is 5.78 Å². The molecule has 0 unspecified atom stereocenters. The molecular weight excluding hydrogens is 242 g/mol. The summed E-state index contributed by atoms with van der Waals surface area (Å²) in [5.74, 6) is -0.0858. The second kappa shape index (κ2) is 5.78. The molecule has 1 fully saturated rings. The molecule has 0 saturated carbocycles. The van der Waals surface area contributed by atoms with Gasteiger partial charge in [0.2, 0.25) is 5.91 Å². The summed E-state index contributed by atoms with van der Waals surface area (Å²) < 4.78 is 0. The van der Waals surface area contributed by atoms with E-state index in [0.29, 0.717) is 18.4 Å². The van der Waals surface area contributed by atoms with Crippen LogP contribution in [0.2, 0.25) is 0 Å². The van der Waals surface area contributed by atoms with Gasteiger partial charge in [-0.1, -0.05) is 30.3 Å². The molecule has 1 heterocycles. The zero-order valence-corrected chi connectivity index (χ0v) is 10.9. The van der Waals surface area contributed by atoms with Crippen molar-refractivity contribution in [2.24, 2.45) is 0 Å². The van der Waals surface area contributed by atoms with E-state index in [4.69, 9.17) is 0 Å². The smallest absolute Gasteiger partial charge is 0.220 e. The van der Waals surface area contributed by atoms with Crippen LogP contribution < -0.4 is 0 Å². The Morgan fingerprint density at radius 1 is 1.26 bits per heavy atom. The van der Waals surface area contributed by atoms with E-state index in [-0.39, 0.29) is 23.8 Å². The average molecular weight is 259 g/mol. The molecule has 1 amide bonds. The number of hydrogen-bond donors (Lipinski definition) is 0. The van der Waals surface area contributed by atoms with E-state index in [0.717, 1.165) is 12.7 Å². The van der Waals surface area contributed by atoms with Crippen LogP contribution in [-0.2, 0) is 9.59 Å². The van der Waals surface area contributed by atoms with Gasteiger partial charge in [-0.2, -0.15) is 0 Å². The molecule has 0 N–H and O–H groups in total. The van der Waals surface area contributed by atoms with Crippen molar-refractivity contribution in [3.05, 3.63) is 35.9 Å². The van der Waals surface area contributed by atoms with Crippen molar-refractivity contribution < 1.29 is 14.4 Å². The summed E-state index contributed by atoms with van der Waals surface area (Å²) in [6.07, 6.45) is 2.78. The maximum Gasteiger partial charge on any atom is 0.220 e. The van der Waals surface area contributed by atoms with Crippen molar-refractivity contribution in [2.45, 2.75) is 38.3 Å². The lowest BCUT2D eigenvalue weighted by Gasteiger charge is -1.99. The van der Waals surface area contributed by atoms with Gasteiger partial charge in [0, 0.05) is 18.9 Å². The van der Waals surface area contributed by atoms with Crippen LogP contribution in [0.25, 0.3) is 0 Å². The second-order valence-corrected chi connectivity index (χ2v) is 4.77. The van der Waals surface area contributed by atoms with Gasteiger partial charge >= 0.3 is 0 Å². The molecular formula is C15H17NO3. The molecule has 4 nitrogen and oxygen atoms in total. The molecule has 0 aromatic heterocycles. The number of aldehydes is 1. The first kappa shape index (κ1) is 13.5. The average Bonchev–Trinajstić information content (AvgIpc) is 3.14. The van der Waals surface area contributed by atoms with Gasteiger partial charge < -0.3 is 9.69 Å². The predicted octanol–water partition coefficient (Wildman–Crippen LogP) is 1.84. The molecule has 0 radical (unpaired) electrons. The first-order chi connectivity index (χ1) is 9.16. The number of ketones is 1. The molecule has 0 aliphatic carbocycles. The largest absolute Gasteiger partial charge is 0.325 e. The van der Waals surface area contributed by atoms with E-state index in [1.54, 1.807) is 17.0 Å². The maximum absolute atomic E-state index is 12.3. The Balaban J connectivity index is 2.04. The van der Waals surface area contributed by atoms with Crippen molar-refractivity contribution in [3.63, 3.8) is 0 Å². The number of carbonyl (C=O) groups excluding carboxylic acids is 3. The Morgan fingerprint density at radius 2 is 1.95 bits per heavy atom. The molecule has 1 aliphatic heterocycles. The van der Waals surface area contributed by atoms with Gasteiger partial charge in [-0.05, 0) is 12.8 Å². The topological polar surface area (TPSA) is 54.2 Å². The molecule has 4 heteroatoms. The normalized spacial score (nSPS) is 21.0. The van der Waals surface area contributed by atoms with Gasteiger partial charge in [-0.25, -0.2) is 0 Å². The minimum absolute atomic E-state index is 0.00750. The van der Waals surface area contributed by atoms with Gasteiger partial charge in [0.1, 0.15) is 12.3 Å². The van der Waals surface area contributed by atoms with E-state index in [1.807, 2.05) is 18.2 Å². The standard InChI is InChI=1S/C15H17NO3/c1-11(18)16-13(9-5-6-10-17)14(16)15(19)12-7-3-2-4-8-12/h2-4,7-8,10,13-14H,5-6,9H2,1H3/t13-,14+,16?/m1/s1. The predicted molar refractivity (Wildman–Crippen MR) is 70.8 cm³/mol. The fourth-order valence-electron chi connectivity index (χ4n) is 2.49. The zero-order valence-electron chi connectivity index (χ0n) is 10.9. The fraction of sp³-hybridized carbons (Fsp3) is 0.400. The van der Waals surface area contributed by atoms with Crippen LogP contribution in [-0.4, -0.2) is 35.0 Å². The Bertz CT molecular complexity index is 483. The monoisotopic (exact) mass is 259 g/mol. The van der Waals surface area contributed by atoms with Crippen molar-refractivity contribution in [1.29, 1.82) is 0 Å². The lowest BCUT2D eigenvalue weighted by molar-refractivity contribution is -0.124. The lowest BCUT2D eigenvalue weighted by Crippen LogP contribution is -2.16. The molecule has 2 rings (SSSR count). The molecule has 2 atom stereocenters. The van der Waals surface area contributed by atoms with Gasteiger partial charge in [0.25, 0.3) is 0 Å². The minimum atomic E-state index is -0.341. The highest BCUT2D eigenvalue weighted by Gasteiger charge is 2.53. The number of rotatable bonds is 6. The molecule has 1 aromatic carbocycles. The Hall–Kier alpha value is -1.97. The number of unbranched alkanes of at least 4 members (excludes halogenated alkanes) is 1. The van der Waals surface area contributed by atoms with Crippen LogP contribution in [0.4, 0.5) is 0 Å². The Morgan fingerprint density at radius 3 is 2.53 bits per heavy atom. The molecule has 0 spiro atoms. The minimum Gasteiger partial charge on any atom is -0.325 e. The van der Waals surface area contributed by atoms with E-state index < -0.39 is 0 Å². The Labute approximate surface area is 112 Å². The van der Waals surface area contributed by atoms with Crippen molar-refractivity contribution >= 4 is 18.0 Å². The number of hydrogen-bond acceptors (Lipinski definition) is 3.